The molecule has 0 saturated heterocycles. The molecular weight excluding hydrogens is 267 g/mol. The zero-order valence-electron chi connectivity index (χ0n) is 8.98. The third kappa shape index (κ3) is 3.86. The molecule has 4 N–H and O–H groups in total. The van der Waals surface area contributed by atoms with Crippen LogP contribution in [0.3, 0.4) is 0 Å². The highest BCUT2D eigenvalue weighted by Crippen LogP contribution is 2.24. The highest BCUT2D eigenvalue weighted by Gasteiger charge is 2.15. The number of anilines is 1. The lowest BCUT2D eigenvalue weighted by Gasteiger charge is -2.10. The molecule has 0 radical (unpaired) electrons. The number of aliphatic hydroxyl groups excluding tert-OH is 1. The first-order chi connectivity index (χ1) is 8.41. The van der Waals surface area contributed by atoms with Crippen molar-refractivity contribution in [1.29, 1.82) is 0 Å². The summed E-state index contributed by atoms with van der Waals surface area (Å²) in [6, 6.07) is 2.98. The van der Waals surface area contributed by atoms with Gasteiger partial charge in [0, 0.05) is 0 Å². The van der Waals surface area contributed by atoms with Crippen LogP contribution >= 0.6 is 11.6 Å². The van der Waals surface area contributed by atoms with Gasteiger partial charge in [0.2, 0.25) is 0 Å². The molecule has 0 spiro atoms. The van der Waals surface area contributed by atoms with E-state index < -0.39 is 30.5 Å². The van der Waals surface area contributed by atoms with E-state index >= 15 is 0 Å². The lowest BCUT2D eigenvalue weighted by atomic mass is 10.3. The summed E-state index contributed by atoms with van der Waals surface area (Å²) in [4.78, 5) is 21.6. The number of aliphatic hydroxyl groups is 1. The Bertz CT molecular complexity index is 449. The zero-order chi connectivity index (χ0) is 13.7. The predicted molar refractivity (Wildman–Crippen MR) is 62.1 cm³/mol. The van der Waals surface area contributed by atoms with Crippen LogP contribution in [0, 0.1) is 5.82 Å². The minimum atomic E-state index is -1.73. The van der Waals surface area contributed by atoms with Crippen LogP contribution in [0.2, 0.25) is 5.02 Å². The predicted octanol–water partition coefficient (Wildman–Crippen LogP) is 1.05. The number of rotatable bonds is 4. The minimum Gasteiger partial charge on any atom is -0.479 e. The van der Waals surface area contributed by atoms with Crippen molar-refractivity contribution in [1.82, 2.24) is 5.32 Å². The smallest absolute Gasteiger partial charge is 0.334 e. The summed E-state index contributed by atoms with van der Waals surface area (Å²) in [6.07, 6.45) is -1.73. The van der Waals surface area contributed by atoms with Gasteiger partial charge in [0.1, 0.15) is 5.82 Å². The van der Waals surface area contributed by atoms with Crippen molar-refractivity contribution < 1.29 is 24.2 Å². The van der Waals surface area contributed by atoms with Gasteiger partial charge in [0.05, 0.1) is 17.3 Å². The molecule has 1 aromatic carbocycles. The highest BCUT2D eigenvalue weighted by molar-refractivity contribution is 6.33. The van der Waals surface area contributed by atoms with Gasteiger partial charge in [-0.15, -0.1) is 0 Å². The minimum absolute atomic E-state index is 0.00364. The molecule has 0 bridgehead atoms. The highest BCUT2D eigenvalue weighted by atomic mass is 35.5. The molecule has 1 atom stereocenters. The molecule has 98 valence electrons. The number of nitrogens with one attached hydrogen (secondary N) is 2. The molecule has 1 aromatic rings. The van der Waals surface area contributed by atoms with Gasteiger partial charge in [0.25, 0.3) is 0 Å². The molecule has 0 aliphatic heterocycles. The van der Waals surface area contributed by atoms with Crippen molar-refractivity contribution in [3.8, 4) is 0 Å². The molecule has 0 aliphatic rings. The van der Waals surface area contributed by atoms with Crippen molar-refractivity contribution in [2.75, 3.05) is 11.9 Å². The number of aliphatic carboxylic acids is 1. The number of para-hydroxylation sites is 1. The summed E-state index contributed by atoms with van der Waals surface area (Å²) in [6.45, 7) is -0.507. The van der Waals surface area contributed by atoms with Crippen molar-refractivity contribution in [2.45, 2.75) is 6.10 Å². The zero-order valence-corrected chi connectivity index (χ0v) is 9.74. The molecule has 1 rings (SSSR count). The Morgan fingerprint density at radius 3 is 2.67 bits per heavy atom. The van der Waals surface area contributed by atoms with Crippen molar-refractivity contribution >= 4 is 29.3 Å². The summed E-state index contributed by atoms with van der Waals surface area (Å²) in [7, 11) is 0. The van der Waals surface area contributed by atoms with Gasteiger partial charge in [-0.05, 0) is 12.1 Å². The van der Waals surface area contributed by atoms with E-state index in [0.717, 1.165) is 6.07 Å². The Morgan fingerprint density at radius 1 is 1.44 bits per heavy atom. The number of amides is 2. The number of carboxylic acids is 1. The standard InChI is InChI=1S/C10H10ClFN2O4/c11-5-2-1-3-6(12)8(5)14-10(18)13-4-7(15)9(16)17/h1-3,7,15H,4H2,(H,16,17)(H2,13,14,18). The second kappa shape index (κ2) is 6.18. The molecule has 0 saturated carbocycles. The maximum Gasteiger partial charge on any atom is 0.334 e. The average Bonchev–Trinajstić information content (AvgIpc) is 2.30. The Balaban J connectivity index is 2.58. The van der Waals surface area contributed by atoms with E-state index in [2.05, 4.69) is 10.6 Å². The van der Waals surface area contributed by atoms with E-state index in [4.69, 9.17) is 21.8 Å². The lowest BCUT2D eigenvalue weighted by Crippen LogP contribution is -2.38. The Morgan fingerprint density at radius 2 is 2.11 bits per heavy atom. The molecule has 8 heteroatoms. The van der Waals surface area contributed by atoms with Crippen LogP contribution in [0.5, 0.6) is 0 Å². The summed E-state index contributed by atoms with van der Waals surface area (Å²) in [5.74, 6) is -2.20. The summed E-state index contributed by atoms with van der Waals surface area (Å²) in [5, 5.41) is 21.5. The third-order valence-corrected chi connectivity index (χ3v) is 2.26. The van der Waals surface area contributed by atoms with Gasteiger partial charge in [-0.25, -0.2) is 14.0 Å². The first kappa shape index (κ1) is 14.2. The molecule has 0 fully saturated rings. The number of hydrogen-bond acceptors (Lipinski definition) is 3. The topological polar surface area (TPSA) is 98.7 Å². The number of halogens is 2. The summed E-state index contributed by atoms with van der Waals surface area (Å²) >= 11 is 5.66. The second-order valence-corrected chi connectivity index (χ2v) is 3.69. The van der Waals surface area contributed by atoms with E-state index in [1.165, 1.54) is 12.1 Å². The van der Waals surface area contributed by atoms with Gasteiger partial charge in [-0.3, -0.25) is 0 Å². The molecule has 0 aliphatic carbocycles. The van der Waals surface area contributed by atoms with Crippen LogP contribution in [0.15, 0.2) is 18.2 Å². The van der Waals surface area contributed by atoms with Crippen molar-refractivity contribution in [2.24, 2.45) is 0 Å². The fourth-order valence-corrected chi connectivity index (χ4v) is 1.26. The average molecular weight is 277 g/mol. The van der Waals surface area contributed by atoms with E-state index in [1.54, 1.807) is 0 Å². The molecule has 1 unspecified atom stereocenters. The Hall–Kier alpha value is -1.86. The molecule has 18 heavy (non-hydrogen) atoms. The number of benzene rings is 1. The van der Waals surface area contributed by atoms with Gasteiger partial charge in [-0.1, -0.05) is 17.7 Å². The normalized spacial score (nSPS) is 11.7. The molecule has 0 heterocycles. The van der Waals surface area contributed by atoms with Crippen LogP contribution < -0.4 is 10.6 Å². The largest absolute Gasteiger partial charge is 0.479 e. The van der Waals surface area contributed by atoms with Crippen LogP contribution in [0.4, 0.5) is 14.9 Å². The maximum absolute atomic E-state index is 13.3. The van der Waals surface area contributed by atoms with Gasteiger partial charge < -0.3 is 20.8 Å². The molecular formula is C10H10ClFN2O4. The first-order valence-electron chi connectivity index (χ1n) is 4.81. The van der Waals surface area contributed by atoms with E-state index in [0.29, 0.717) is 0 Å². The first-order valence-corrected chi connectivity index (χ1v) is 5.19. The fraction of sp³-hybridized carbons (Fsp3) is 0.200. The van der Waals surface area contributed by atoms with Crippen molar-refractivity contribution in [3.05, 3.63) is 29.0 Å². The summed E-state index contributed by atoms with van der Waals surface area (Å²) < 4.78 is 13.3. The molecule has 2 amide bonds. The summed E-state index contributed by atoms with van der Waals surface area (Å²) in [5.41, 5.74) is -0.221. The van der Waals surface area contributed by atoms with Gasteiger partial charge in [-0.2, -0.15) is 0 Å². The van der Waals surface area contributed by atoms with Crippen molar-refractivity contribution in [3.63, 3.8) is 0 Å². The lowest BCUT2D eigenvalue weighted by molar-refractivity contribution is -0.146. The van der Waals surface area contributed by atoms with Crippen LogP contribution in [-0.2, 0) is 4.79 Å². The van der Waals surface area contributed by atoms with Crippen LogP contribution in [0.25, 0.3) is 0 Å². The Labute approximate surface area is 106 Å². The van der Waals surface area contributed by atoms with Gasteiger partial charge >= 0.3 is 12.0 Å². The van der Waals surface area contributed by atoms with Crippen LogP contribution in [-0.4, -0.2) is 34.9 Å². The molecule has 6 nitrogen and oxygen atoms in total. The second-order valence-electron chi connectivity index (χ2n) is 3.29. The SMILES string of the molecule is O=C(NCC(O)C(=O)O)Nc1c(F)cccc1Cl. The third-order valence-electron chi connectivity index (χ3n) is 1.94. The monoisotopic (exact) mass is 276 g/mol. The van der Waals surface area contributed by atoms with E-state index in [9.17, 15) is 14.0 Å². The maximum atomic E-state index is 13.3. The Kier molecular flexibility index (Phi) is 4.87. The van der Waals surface area contributed by atoms with Crippen LogP contribution in [0.1, 0.15) is 0 Å². The fourth-order valence-electron chi connectivity index (χ4n) is 1.05. The number of carboxylic acid groups (broad SMARTS) is 1. The van der Waals surface area contributed by atoms with Gasteiger partial charge in [0.15, 0.2) is 6.10 Å². The number of urea groups is 1. The van der Waals surface area contributed by atoms with E-state index in [-0.39, 0.29) is 10.7 Å². The quantitative estimate of drug-likeness (QED) is 0.660. The number of carbonyl (C=O) groups is 2. The number of hydrogen-bond donors (Lipinski definition) is 4. The molecule has 0 aromatic heterocycles. The number of carbonyl (C=O) groups excluding carboxylic acids is 1. The van der Waals surface area contributed by atoms with E-state index in [1.807, 2.05) is 0 Å².